The van der Waals surface area contributed by atoms with Gasteiger partial charge in [-0.25, -0.2) is 9.97 Å². The lowest BCUT2D eigenvalue weighted by atomic mass is 10.4. The third-order valence-corrected chi connectivity index (χ3v) is 1.75. The van der Waals surface area contributed by atoms with Crippen molar-refractivity contribution in [3.05, 3.63) is 29.7 Å². The van der Waals surface area contributed by atoms with E-state index < -0.39 is 0 Å². The van der Waals surface area contributed by atoms with E-state index in [9.17, 15) is 0 Å². The monoisotopic (exact) mass is 205 g/mol. The molecule has 0 aliphatic rings. The lowest BCUT2D eigenvalue weighted by Gasteiger charge is -2.00. The first-order chi connectivity index (χ1) is 7.24. The predicted molar refractivity (Wildman–Crippen MR) is 53.1 cm³/mol. The highest BCUT2D eigenvalue weighted by atomic mass is 16.5. The molecule has 0 spiro atoms. The lowest BCUT2D eigenvalue weighted by Crippen LogP contribution is -2.03. The fourth-order valence-corrected chi connectivity index (χ4v) is 1.05. The number of aryl methyl sites for hydroxylation is 2. The van der Waals surface area contributed by atoms with Crippen LogP contribution in [-0.2, 0) is 6.54 Å². The van der Waals surface area contributed by atoms with Crippen LogP contribution >= 0.6 is 0 Å². The van der Waals surface area contributed by atoms with Crippen LogP contribution in [0, 0.1) is 13.8 Å². The highest BCUT2D eigenvalue weighted by Crippen LogP contribution is 2.02. The molecule has 6 heteroatoms. The zero-order valence-electron chi connectivity index (χ0n) is 8.56. The Morgan fingerprint density at radius 1 is 1.27 bits per heavy atom. The molecule has 6 nitrogen and oxygen atoms in total. The summed E-state index contributed by atoms with van der Waals surface area (Å²) in [6, 6.07) is 0. The maximum atomic E-state index is 4.93. The van der Waals surface area contributed by atoms with Crippen molar-refractivity contribution in [3.8, 4) is 0 Å². The van der Waals surface area contributed by atoms with Gasteiger partial charge in [-0.15, -0.1) is 0 Å². The number of aromatic nitrogens is 4. The molecule has 2 heterocycles. The Balaban J connectivity index is 1.96. The van der Waals surface area contributed by atoms with Gasteiger partial charge in [0.25, 0.3) is 0 Å². The number of nitrogens with one attached hydrogen (secondary N) is 1. The number of hydrogen-bond donors (Lipinski definition) is 1. The highest BCUT2D eigenvalue weighted by molar-refractivity contribution is 5.24. The van der Waals surface area contributed by atoms with Gasteiger partial charge in [0.2, 0.25) is 11.8 Å². The van der Waals surface area contributed by atoms with Gasteiger partial charge < -0.3 is 9.84 Å². The molecule has 0 amide bonds. The quantitative estimate of drug-likeness (QED) is 0.808. The van der Waals surface area contributed by atoms with Gasteiger partial charge in [0.1, 0.15) is 0 Å². The number of rotatable bonds is 3. The van der Waals surface area contributed by atoms with E-state index in [-0.39, 0.29) is 0 Å². The molecule has 0 saturated heterocycles. The van der Waals surface area contributed by atoms with Crippen molar-refractivity contribution < 1.29 is 4.52 Å². The van der Waals surface area contributed by atoms with E-state index in [2.05, 4.69) is 25.4 Å². The summed E-state index contributed by atoms with van der Waals surface area (Å²) in [6.07, 6.45) is 3.49. The second kappa shape index (κ2) is 4.04. The van der Waals surface area contributed by atoms with E-state index in [1.165, 1.54) is 0 Å². The molecule has 15 heavy (non-hydrogen) atoms. The van der Waals surface area contributed by atoms with Crippen molar-refractivity contribution in [1.29, 1.82) is 0 Å². The van der Waals surface area contributed by atoms with Crippen LogP contribution in [0.3, 0.4) is 0 Å². The van der Waals surface area contributed by atoms with Crippen LogP contribution in [0.2, 0.25) is 0 Å². The van der Waals surface area contributed by atoms with E-state index in [0.29, 0.717) is 24.2 Å². The molecule has 0 aliphatic heterocycles. The van der Waals surface area contributed by atoms with Gasteiger partial charge in [-0.3, -0.25) is 0 Å². The molecule has 0 atom stereocenters. The Morgan fingerprint density at radius 3 is 2.60 bits per heavy atom. The van der Waals surface area contributed by atoms with Crippen molar-refractivity contribution in [2.45, 2.75) is 20.4 Å². The average Bonchev–Trinajstić information content (AvgIpc) is 2.64. The molecular formula is C9H11N5O. The Labute approximate surface area is 86.8 Å². The lowest BCUT2D eigenvalue weighted by molar-refractivity contribution is 0.379. The molecule has 0 aromatic carbocycles. The van der Waals surface area contributed by atoms with E-state index in [1.807, 2.05) is 6.92 Å². The molecule has 0 radical (unpaired) electrons. The number of hydrogen-bond acceptors (Lipinski definition) is 6. The number of anilines is 1. The Hall–Kier alpha value is -1.98. The average molecular weight is 205 g/mol. The van der Waals surface area contributed by atoms with Crippen molar-refractivity contribution in [2.75, 3.05) is 5.32 Å². The van der Waals surface area contributed by atoms with Gasteiger partial charge in [0.15, 0.2) is 5.82 Å². The van der Waals surface area contributed by atoms with Gasteiger partial charge in [0, 0.05) is 12.4 Å². The molecule has 78 valence electrons. The van der Waals surface area contributed by atoms with Crippen LogP contribution < -0.4 is 5.32 Å². The van der Waals surface area contributed by atoms with E-state index in [0.717, 1.165) is 5.56 Å². The molecule has 2 aromatic rings. The first kappa shape index (κ1) is 9.57. The molecule has 0 unspecified atom stereocenters. The summed E-state index contributed by atoms with van der Waals surface area (Å²) < 4.78 is 4.93. The van der Waals surface area contributed by atoms with Gasteiger partial charge in [-0.05, 0) is 19.4 Å². The predicted octanol–water partition coefficient (Wildman–Crippen LogP) is 1.09. The first-order valence-electron chi connectivity index (χ1n) is 4.56. The van der Waals surface area contributed by atoms with Crippen LogP contribution in [0.1, 0.15) is 17.3 Å². The molecular weight excluding hydrogens is 194 g/mol. The standard InChI is InChI=1S/C9H11N5O/c1-6-3-10-9(11-4-6)12-5-8-13-7(2)14-15-8/h3-4H,5H2,1-2H3,(H,10,11,12). The number of nitrogens with zero attached hydrogens (tertiary/aromatic N) is 4. The minimum Gasteiger partial charge on any atom is -0.345 e. The molecule has 0 saturated carbocycles. The molecule has 1 N–H and O–H groups in total. The summed E-state index contributed by atoms with van der Waals surface area (Å²) in [6.45, 7) is 4.14. The van der Waals surface area contributed by atoms with Gasteiger partial charge in [-0.1, -0.05) is 5.16 Å². The second-order valence-electron chi connectivity index (χ2n) is 3.17. The van der Waals surface area contributed by atoms with E-state index >= 15 is 0 Å². The summed E-state index contributed by atoms with van der Waals surface area (Å²) in [7, 11) is 0. The van der Waals surface area contributed by atoms with Crippen molar-refractivity contribution in [1.82, 2.24) is 20.1 Å². The maximum absolute atomic E-state index is 4.93. The summed E-state index contributed by atoms with van der Waals surface area (Å²) in [4.78, 5) is 12.2. The summed E-state index contributed by atoms with van der Waals surface area (Å²) in [5, 5.41) is 6.66. The van der Waals surface area contributed by atoms with Crippen LogP contribution in [0.5, 0.6) is 0 Å². The summed E-state index contributed by atoms with van der Waals surface area (Å²) in [5.41, 5.74) is 1.02. The fourth-order valence-electron chi connectivity index (χ4n) is 1.05. The minimum atomic E-state index is 0.434. The largest absolute Gasteiger partial charge is 0.345 e. The van der Waals surface area contributed by atoms with Crippen molar-refractivity contribution in [3.63, 3.8) is 0 Å². The Bertz CT molecular complexity index is 436. The van der Waals surface area contributed by atoms with Gasteiger partial charge >= 0.3 is 0 Å². The third kappa shape index (κ3) is 2.49. The zero-order chi connectivity index (χ0) is 10.7. The first-order valence-corrected chi connectivity index (χ1v) is 4.56. The van der Waals surface area contributed by atoms with Crippen LogP contribution in [-0.4, -0.2) is 20.1 Å². The zero-order valence-corrected chi connectivity index (χ0v) is 8.56. The molecule has 2 rings (SSSR count). The van der Waals surface area contributed by atoms with Crippen LogP contribution in [0.4, 0.5) is 5.95 Å². The minimum absolute atomic E-state index is 0.434. The van der Waals surface area contributed by atoms with E-state index in [1.54, 1.807) is 19.3 Å². The van der Waals surface area contributed by atoms with Crippen LogP contribution in [0.25, 0.3) is 0 Å². The highest BCUT2D eigenvalue weighted by Gasteiger charge is 2.02. The summed E-state index contributed by atoms with van der Waals surface area (Å²) in [5.74, 6) is 1.70. The summed E-state index contributed by atoms with van der Waals surface area (Å²) >= 11 is 0. The maximum Gasteiger partial charge on any atom is 0.246 e. The van der Waals surface area contributed by atoms with Crippen LogP contribution in [0.15, 0.2) is 16.9 Å². The second-order valence-corrected chi connectivity index (χ2v) is 3.17. The van der Waals surface area contributed by atoms with E-state index in [4.69, 9.17) is 4.52 Å². The fraction of sp³-hybridized carbons (Fsp3) is 0.333. The molecule has 0 bridgehead atoms. The van der Waals surface area contributed by atoms with Crippen molar-refractivity contribution >= 4 is 5.95 Å². The Morgan fingerprint density at radius 2 is 2.00 bits per heavy atom. The Kier molecular flexibility index (Phi) is 2.57. The SMILES string of the molecule is Cc1cnc(NCc2nc(C)no2)nc1. The molecule has 2 aromatic heterocycles. The molecule has 0 fully saturated rings. The third-order valence-electron chi connectivity index (χ3n) is 1.75. The van der Waals surface area contributed by atoms with Crippen molar-refractivity contribution in [2.24, 2.45) is 0 Å². The van der Waals surface area contributed by atoms with Gasteiger partial charge in [-0.2, -0.15) is 4.98 Å². The smallest absolute Gasteiger partial charge is 0.246 e. The topological polar surface area (TPSA) is 76.7 Å². The normalized spacial score (nSPS) is 10.3. The van der Waals surface area contributed by atoms with Gasteiger partial charge in [0.05, 0.1) is 6.54 Å². The molecule has 0 aliphatic carbocycles.